The molecule has 1 saturated heterocycles. The Balaban J connectivity index is 1.87. The number of rotatable bonds is 4. The third-order valence-corrected chi connectivity index (χ3v) is 5.29. The van der Waals surface area contributed by atoms with Crippen molar-refractivity contribution in [2.75, 3.05) is 6.61 Å². The minimum absolute atomic E-state index is 0.112. The topological polar surface area (TPSA) is 35.2 Å². The zero-order valence-corrected chi connectivity index (χ0v) is 12.9. The molecule has 1 aliphatic rings. The van der Waals surface area contributed by atoms with Crippen LogP contribution in [0.25, 0.3) is 0 Å². The summed E-state index contributed by atoms with van der Waals surface area (Å²) in [5.74, 6) is 0. The maximum absolute atomic E-state index is 6.19. The standard InChI is InChI=1S/C11H15Br2NOS/c12-10-6-8(11(13)16-10)9(14)4-3-7-2-1-5-15-7/h6-7,9H,1-5,14H2. The van der Waals surface area contributed by atoms with E-state index in [0.29, 0.717) is 6.10 Å². The normalized spacial score (nSPS) is 22.6. The number of halogens is 2. The van der Waals surface area contributed by atoms with E-state index in [0.717, 1.165) is 27.0 Å². The lowest BCUT2D eigenvalue weighted by Gasteiger charge is -2.14. The lowest BCUT2D eigenvalue weighted by Crippen LogP contribution is -2.14. The molecule has 0 aromatic carbocycles. The van der Waals surface area contributed by atoms with Crippen LogP contribution < -0.4 is 5.73 Å². The predicted octanol–water partition coefficient (Wildman–Crippen LogP) is 4.23. The van der Waals surface area contributed by atoms with Crippen LogP contribution in [0.3, 0.4) is 0 Å². The average Bonchev–Trinajstić information content (AvgIpc) is 2.84. The minimum atomic E-state index is 0.112. The highest BCUT2D eigenvalue weighted by Crippen LogP contribution is 2.36. The second kappa shape index (κ2) is 5.96. The van der Waals surface area contributed by atoms with Crippen molar-refractivity contribution in [1.29, 1.82) is 0 Å². The molecule has 0 bridgehead atoms. The summed E-state index contributed by atoms with van der Waals surface area (Å²) in [5.41, 5.74) is 7.39. The van der Waals surface area contributed by atoms with Crippen LogP contribution in [0.4, 0.5) is 0 Å². The van der Waals surface area contributed by atoms with Gasteiger partial charge in [-0.25, -0.2) is 0 Å². The molecule has 0 amide bonds. The molecule has 0 saturated carbocycles. The molecule has 1 aromatic rings. The number of nitrogens with two attached hydrogens (primary N) is 1. The first-order valence-corrected chi connectivity index (χ1v) is 7.89. The van der Waals surface area contributed by atoms with Gasteiger partial charge in [0.2, 0.25) is 0 Å². The van der Waals surface area contributed by atoms with Crippen LogP contribution in [-0.2, 0) is 4.74 Å². The molecule has 1 aliphatic heterocycles. The minimum Gasteiger partial charge on any atom is -0.378 e. The van der Waals surface area contributed by atoms with E-state index < -0.39 is 0 Å². The molecular formula is C11H15Br2NOS. The monoisotopic (exact) mass is 367 g/mol. The smallest absolute Gasteiger partial charge is 0.0758 e. The highest BCUT2D eigenvalue weighted by atomic mass is 79.9. The first-order valence-electron chi connectivity index (χ1n) is 5.48. The molecule has 2 nitrogen and oxygen atoms in total. The average molecular weight is 369 g/mol. The number of hydrogen-bond donors (Lipinski definition) is 1. The Morgan fingerprint density at radius 2 is 2.38 bits per heavy atom. The van der Waals surface area contributed by atoms with E-state index in [1.54, 1.807) is 11.3 Å². The van der Waals surface area contributed by atoms with Crippen LogP contribution in [0.1, 0.15) is 37.3 Å². The Labute approximate surface area is 117 Å². The van der Waals surface area contributed by atoms with Crippen molar-refractivity contribution < 1.29 is 4.74 Å². The molecule has 2 N–H and O–H groups in total. The molecule has 0 spiro atoms. The first kappa shape index (κ1) is 13.0. The largest absolute Gasteiger partial charge is 0.378 e. The fraction of sp³-hybridized carbons (Fsp3) is 0.636. The number of thiophene rings is 1. The van der Waals surface area contributed by atoms with Crippen LogP contribution in [0.5, 0.6) is 0 Å². The van der Waals surface area contributed by atoms with Gasteiger partial charge in [0.25, 0.3) is 0 Å². The second-order valence-electron chi connectivity index (χ2n) is 4.10. The summed E-state index contributed by atoms with van der Waals surface area (Å²) in [5, 5.41) is 0. The van der Waals surface area contributed by atoms with Gasteiger partial charge in [0.05, 0.1) is 13.7 Å². The van der Waals surface area contributed by atoms with Gasteiger partial charge in [-0.2, -0.15) is 0 Å². The van der Waals surface area contributed by atoms with Gasteiger partial charge in [0.1, 0.15) is 0 Å². The van der Waals surface area contributed by atoms with E-state index >= 15 is 0 Å². The van der Waals surface area contributed by atoms with Crippen molar-refractivity contribution in [2.24, 2.45) is 5.73 Å². The summed E-state index contributed by atoms with van der Waals surface area (Å²) in [6, 6.07) is 2.22. The number of ether oxygens (including phenoxy) is 1. The summed E-state index contributed by atoms with van der Waals surface area (Å²) in [6.45, 7) is 0.924. The summed E-state index contributed by atoms with van der Waals surface area (Å²) in [4.78, 5) is 0. The maximum atomic E-state index is 6.19. The van der Waals surface area contributed by atoms with E-state index in [-0.39, 0.29) is 6.04 Å². The highest BCUT2D eigenvalue weighted by Gasteiger charge is 2.19. The van der Waals surface area contributed by atoms with Gasteiger partial charge in [-0.05, 0) is 69.2 Å². The lowest BCUT2D eigenvalue weighted by atomic mass is 10.0. The van der Waals surface area contributed by atoms with E-state index in [9.17, 15) is 0 Å². The van der Waals surface area contributed by atoms with Gasteiger partial charge in [-0.3, -0.25) is 0 Å². The Morgan fingerprint density at radius 3 is 2.94 bits per heavy atom. The Bertz CT molecular complexity index is 350. The van der Waals surface area contributed by atoms with Crippen LogP contribution in [0.15, 0.2) is 13.6 Å². The molecule has 5 heteroatoms. The third-order valence-electron chi connectivity index (χ3n) is 2.91. The van der Waals surface area contributed by atoms with E-state index in [2.05, 4.69) is 37.9 Å². The van der Waals surface area contributed by atoms with Gasteiger partial charge in [-0.15, -0.1) is 11.3 Å². The summed E-state index contributed by atoms with van der Waals surface area (Å²) >= 11 is 8.70. The van der Waals surface area contributed by atoms with Gasteiger partial charge in [0, 0.05) is 12.6 Å². The first-order chi connectivity index (χ1) is 7.66. The van der Waals surface area contributed by atoms with E-state index in [4.69, 9.17) is 10.5 Å². The molecule has 2 unspecified atom stereocenters. The fourth-order valence-corrected chi connectivity index (χ4v) is 5.00. The Morgan fingerprint density at radius 1 is 1.56 bits per heavy atom. The van der Waals surface area contributed by atoms with E-state index in [1.165, 1.54) is 18.4 Å². The van der Waals surface area contributed by atoms with Crippen molar-refractivity contribution in [1.82, 2.24) is 0 Å². The third kappa shape index (κ3) is 3.29. The SMILES string of the molecule is NC(CCC1CCCO1)c1cc(Br)sc1Br. The second-order valence-corrected chi connectivity index (χ2v) is 7.85. The van der Waals surface area contributed by atoms with Crippen molar-refractivity contribution in [3.05, 3.63) is 19.2 Å². The molecule has 1 fully saturated rings. The molecule has 1 aromatic heterocycles. The van der Waals surface area contributed by atoms with Gasteiger partial charge >= 0.3 is 0 Å². The van der Waals surface area contributed by atoms with E-state index in [1.807, 2.05) is 0 Å². The van der Waals surface area contributed by atoms with Gasteiger partial charge < -0.3 is 10.5 Å². The van der Waals surface area contributed by atoms with Crippen LogP contribution in [0.2, 0.25) is 0 Å². The zero-order chi connectivity index (χ0) is 11.5. The van der Waals surface area contributed by atoms with Crippen molar-refractivity contribution in [2.45, 2.75) is 37.8 Å². The fourth-order valence-electron chi connectivity index (χ4n) is 2.00. The highest BCUT2D eigenvalue weighted by molar-refractivity contribution is 9.12. The Hall–Kier alpha value is 0.580. The summed E-state index contributed by atoms with van der Waals surface area (Å²) in [7, 11) is 0. The Kier molecular flexibility index (Phi) is 4.85. The molecule has 90 valence electrons. The predicted molar refractivity (Wildman–Crippen MR) is 74.9 cm³/mol. The quantitative estimate of drug-likeness (QED) is 0.862. The lowest BCUT2D eigenvalue weighted by molar-refractivity contribution is 0.101. The molecule has 0 aliphatic carbocycles. The summed E-state index contributed by atoms with van der Waals surface area (Å²) in [6.07, 6.45) is 4.90. The molecule has 2 heterocycles. The molecular weight excluding hydrogens is 354 g/mol. The maximum Gasteiger partial charge on any atom is 0.0758 e. The molecule has 2 rings (SSSR count). The van der Waals surface area contributed by atoms with Gasteiger partial charge in [0.15, 0.2) is 0 Å². The van der Waals surface area contributed by atoms with Crippen LogP contribution in [0, 0.1) is 0 Å². The number of hydrogen-bond acceptors (Lipinski definition) is 3. The molecule has 2 atom stereocenters. The molecule has 0 radical (unpaired) electrons. The van der Waals surface area contributed by atoms with Crippen LogP contribution >= 0.6 is 43.2 Å². The van der Waals surface area contributed by atoms with Crippen molar-refractivity contribution in [3.8, 4) is 0 Å². The summed E-state index contributed by atoms with van der Waals surface area (Å²) < 4.78 is 7.87. The van der Waals surface area contributed by atoms with Crippen molar-refractivity contribution >= 4 is 43.2 Å². The zero-order valence-electron chi connectivity index (χ0n) is 8.92. The molecule has 16 heavy (non-hydrogen) atoms. The van der Waals surface area contributed by atoms with Crippen LogP contribution in [-0.4, -0.2) is 12.7 Å². The van der Waals surface area contributed by atoms with Crippen molar-refractivity contribution in [3.63, 3.8) is 0 Å². The van der Waals surface area contributed by atoms with Gasteiger partial charge in [-0.1, -0.05) is 0 Å².